The van der Waals surface area contributed by atoms with Crippen molar-refractivity contribution >= 4 is 58.2 Å². The molecule has 2 aliphatic heterocycles. The van der Waals surface area contributed by atoms with Crippen LogP contribution < -0.4 is 0 Å². The maximum Gasteiger partial charge on any atom is 0.0541 e. The fourth-order valence-corrected chi connectivity index (χ4v) is 8.86. The number of benzene rings is 3. The predicted octanol–water partition coefficient (Wildman–Crippen LogP) is 8.22. The second-order valence-electron chi connectivity index (χ2n) is 6.56. The maximum atomic E-state index is 2.30. The third-order valence-corrected chi connectivity index (χ3v) is 10.2. The van der Waals surface area contributed by atoms with Gasteiger partial charge in [-0.25, -0.2) is 0 Å². The molecule has 3 aliphatic rings. The Hall–Kier alpha value is -1.46. The lowest BCUT2D eigenvalue weighted by atomic mass is 10.1. The Labute approximate surface area is 175 Å². The second-order valence-corrected chi connectivity index (χ2v) is 11.3. The molecule has 0 saturated heterocycles. The molecule has 0 amide bonds. The Morgan fingerprint density at radius 3 is 1.15 bits per heavy atom. The van der Waals surface area contributed by atoms with Crippen LogP contribution in [0.4, 0.5) is 0 Å². The monoisotopic (exact) mass is 418 g/mol. The fourth-order valence-electron chi connectivity index (χ4n) is 3.67. The highest BCUT2D eigenvalue weighted by Gasteiger charge is 2.31. The SMILES string of the molecule is c1ccc2c(c1)SC(=C1CC(=C3Sc4ccccc4S3)c3ccccc31)S2. The van der Waals surface area contributed by atoms with E-state index < -0.39 is 0 Å². The molecule has 0 saturated carbocycles. The van der Waals surface area contributed by atoms with Crippen molar-refractivity contribution in [2.75, 3.05) is 0 Å². The summed E-state index contributed by atoms with van der Waals surface area (Å²) in [6.07, 6.45) is 1.03. The highest BCUT2D eigenvalue weighted by atomic mass is 32.2. The van der Waals surface area contributed by atoms with E-state index in [1.165, 1.54) is 50.3 Å². The minimum Gasteiger partial charge on any atom is -0.0812 e. The molecule has 0 atom stereocenters. The Balaban J connectivity index is 1.46. The quantitative estimate of drug-likeness (QED) is 0.360. The van der Waals surface area contributed by atoms with Gasteiger partial charge < -0.3 is 0 Å². The first-order valence-corrected chi connectivity index (χ1v) is 12.1. The van der Waals surface area contributed by atoms with Crippen molar-refractivity contribution in [2.45, 2.75) is 26.0 Å². The van der Waals surface area contributed by atoms with Crippen LogP contribution in [0.25, 0.3) is 11.1 Å². The van der Waals surface area contributed by atoms with E-state index in [1.54, 1.807) is 0 Å². The molecular formula is C23H14S4. The van der Waals surface area contributed by atoms with Crippen molar-refractivity contribution in [3.05, 3.63) is 92.4 Å². The number of fused-ring (bicyclic) bond motifs is 3. The Kier molecular flexibility index (Phi) is 4.00. The number of thioether (sulfide) groups is 4. The first kappa shape index (κ1) is 16.5. The van der Waals surface area contributed by atoms with Gasteiger partial charge in [0.1, 0.15) is 0 Å². The summed E-state index contributed by atoms with van der Waals surface area (Å²) in [7, 11) is 0. The van der Waals surface area contributed by atoms with Crippen molar-refractivity contribution in [3.63, 3.8) is 0 Å². The summed E-state index contributed by atoms with van der Waals surface area (Å²) in [6, 6.07) is 26.4. The number of hydrogen-bond donors (Lipinski definition) is 0. The Morgan fingerprint density at radius 1 is 0.444 bits per heavy atom. The van der Waals surface area contributed by atoms with Gasteiger partial charge in [0.25, 0.3) is 0 Å². The zero-order chi connectivity index (χ0) is 17.8. The van der Waals surface area contributed by atoms with Crippen LogP contribution in [0.2, 0.25) is 0 Å². The molecule has 0 N–H and O–H groups in total. The highest BCUT2D eigenvalue weighted by Crippen LogP contribution is 2.60. The smallest absolute Gasteiger partial charge is 0.0541 e. The first-order chi connectivity index (χ1) is 13.4. The summed E-state index contributed by atoms with van der Waals surface area (Å²) in [4.78, 5) is 5.56. The standard InChI is InChI=1S/C23H14S4/c1-2-8-15-14(7-1)16(22-24-18-9-3-4-10-19(18)25-22)13-17(15)23-26-20-11-5-6-12-21(20)27-23/h1-12H,13H2. The summed E-state index contributed by atoms with van der Waals surface area (Å²) in [5, 5.41) is 0. The van der Waals surface area contributed by atoms with Gasteiger partial charge >= 0.3 is 0 Å². The number of rotatable bonds is 0. The minimum atomic E-state index is 1.03. The highest BCUT2D eigenvalue weighted by molar-refractivity contribution is 8.25. The second kappa shape index (κ2) is 6.56. The molecular weight excluding hydrogens is 405 g/mol. The molecule has 3 aromatic carbocycles. The summed E-state index contributed by atoms with van der Waals surface area (Å²) < 4.78 is 2.90. The third kappa shape index (κ3) is 2.73. The Morgan fingerprint density at radius 2 is 0.778 bits per heavy atom. The molecule has 130 valence electrons. The van der Waals surface area contributed by atoms with E-state index in [-0.39, 0.29) is 0 Å². The van der Waals surface area contributed by atoms with Gasteiger partial charge in [0, 0.05) is 26.0 Å². The van der Waals surface area contributed by atoms with Gasteiger partial charge in [-0.15, -0.1) is 0 Å². The molecule has 3 aromatic rings. The molecule has 1 aliphatic carbocycles. The normalized spacial score (nSPS) is 17.3. The van der Waals surface area contributed by atoms with Gasteiger partial charge in [-0.05, 0) is 46.5 Å². The van der Waals surface area contributed by atoms with Gasteiger partial charge in [0.15, 0.2) is 0 Å². The largest absolute Gasteiger partial charge is 0.0812 e. The maximum absolute atomic E-state index is 2.30. The molecule has 0 aromatic heterocycles. The summed E-state index contributed by atoms with van der Waals surface area (Å²) >= 11 is 7.74. The molecule has 0 radical (unpaired) electrons. The molecule has 0 unspecified atom stereocenters. The van der Waals surface area contributed by atoms with Crippen LogP contribution in [0.15, 0.2) is 101 Å². The zero-order valence-electron chi connectivity index (χ0n) is 14.3. The summed E-state index contributed by atoms with van der Waals surface area (Å²) in [5.41, 5.74) is 5.83. The van der Waals surface area contributed by atoms with Gasteiger partial charge in [-0.2, -0.15) is 0 Å². The van der Waals surface area contributed by atoms with Crippen molar-refractivity contribution < 1.29 is 0 Å². The van der Waals surface area contributed by atoms with E-state index in [0.717, 1.165) is 6.42 Å². The van der Waals surface area contributed by atoms with Crippen LogP contribution >= 0.6 is 47.0 Å². The molecule has 0 fully saturated rings. The average Bonchev–Trinajstić information content (AvgIpc) is 3.41. The van der Waals surface area contributed by atoms with Crippen molar-refractivity contribution in [3.8, 4) is 0 Å². The molecule has 0 spiro atoms. The number of hydrogen-bond acceptors (Lipinski definition) is 4. The lowest BCUT2D eigenvalue weighted by Crippen LogP contribution is -1.80. The summed E-state index contributed by atoms with van der Waals surface area (Å²) in [5.74, 6) is 0. The lowest BCUT2D eigenvalue weighted by Gasteiger charge is -2.03. The average molecular weight is 419 g/mol. The first-order valence-electron chi connectivity index (χ1n) is 8.82. The van der Waals surface area contributed by atoms with Crippen LogP contribution in [0.3, 0.4) is 0 Å². The van der Waals surface area contributed by atoms with E-state index >= 15 is 0 Å². The predicted molar refractivity (Wildman–Crippen MR) is 121 cm³/mol. The summed E-state index contributed by atoms with van der Waals surface area (Å²) in [6.45, 7) is 0. The topological polar surface area (TPSA) is 0 Å². The van der Waals surface area contributed by atoms with Crippen LogP contribution in [0.5, 0.6) is 0 Å². The van der Waals surface area contributed by atoms with Crippen LogP contribution in [-0.2, 0) is 0 Å². The molecule has 0 nitrogen and oxygen atoms in total. The van der Waals surface area contributed by atoms with Crippen molar-refractivity contribution in [1.82, 2.24) is 0 Å². The minimum absolute atomic E-state index is 1.03. The lowest BCUT2D eigenvalue weighted by molar-refractivity contribution is 1.27. The van der Waals surface area contributed by atoms with Crippen LogP contribution in [0, 0.1) is 0 Å². The van der Waals surface area contributed by atoms with Crippen LogP contribution in [0.1, 0.15) is 17.5 Å². The van der Waals surface area contributed by atoms with Gasteiger partial charge in [0.05, 0.1) is 8.47 Å². The zero-order valence-corrected chi connectivity index (χ0v) is 17.5. The molecule has 0 bridgehead atoms. The number of allylic oxidation sites excluding steroid dienone is 2. The molecule has 2 heterocycles. The van der Waals surface area contributed by atoms with Crippen molar-refractivity contribution in [1.29, 1.82) is 0 Å². The van der Waals surface area contributed by atoms with Gasteiger partial charge in [0.2, 0.25) is 0 Å². The van der Waals surface area contributed by atoms with E-state index in [0.29, 0.717) is 0 Å². The van der Waals surface area contributed by atoms with E-state index in [4.69, 9.17) is 0 Å². The molecule has 27 heavy (non-hydrogen) atoms. The van der Waals surface area contributed by atoms with E-state index in [2.05, 4.69) is 72.8 Å². The Bertz CT molecular complexity index is 1010. The van der Waals surface area contributed by atoms with Gasteiger partial charge in [-0.1, -0.05) is 95.6 Å². The van der Waals surface area contributed by atoms with Crippen molar-refractivity contribution in [2.24, 2.45) is 0 Å². The third-order valence-electron chi connectivity index (χ3n) is 4.93. The van der Waals surface area contributed by atoms with Crippen LogP contribution in [-0.4, -0.2) is 0 Å². The fraction of sp³-hybridized carbons (Fsp3) is 0.0435. The van der Waals surface area contributed by atoms with Gasteiger partial charge in [-0.3, -0.25) is 0 Å². The van der Waals surface area contributed by atoms with E-state index in [1.807, 2.05) is 47.0 Å². The molecule has 4 heteroatoms. The van der Waals surface area contributed by atoms with E-state index in [9.17, 15) is 0 Å². The molecule has 6 rings (SSSR count).